The molecule has 0 N–H and O–H groups in total. The highest BCUT2D eigenvalue weighted by atomic mass is 19.4. The molecule has 1 saturated heterocycles. The summed E-state index contributed by atoms with van der Waals surface area (Å²) in [5.41, 5.74) is 1.86. The van der Waals surface area contributed by atoms with E-state index in [1.807, 2.05) is 0 Å². The van der Waals surface area contributed by atoms with E-state index in [1.54, 1.807) is 12.1 Å². The number of halogens is 3. The van der Waals surface area contributed by atoms with Crippen LogP contribution in [0.2, 0.25) is 0 Å². The standard InChI is InChI=1S/C17H13F3N2O4/c18-17(19,20)26-12-3-1-11(2-4-12)13-5-6-14-15(21-13)22(16(23)25-14)7-10-8-24-9-10/h1-6,10H,7-9H2. The number of pyridine rings is 1. The molecule has 1 aliphatic rings. The second-order valence-electron chi connectivity index (χ2n) is 5.97. The summed E-state index contributed by atoms with van der Waals surface area (Å²) in [5, 5.41) is 0. The smallest absolute Gasteiger partial charge is 0.406 e. The monoisotopic (exact) mass is 366 g/mol. The zero-order valence-corrected chi connectivity index (χ0v) is 13.3. The van der Waals surface area contributed by atoms with Crippen molar-refractivity contribution >= 4 is 11.2 Å². The van der Waals surface area contributed by atoms with Crippen LogP contribution in [0.5, 0.6) is 5.75 Å². The van der Waals surface area contributed by atoms with E-state index in [-0.39, 0.29) is 11.7 Å². The van der Waals surface area contributed by atoms with Gasteiger partial charge in [-0.15, -0.1) is 13.2 Å². The molecule has 0 radical (unpaired) electrons. The van der Waals surface area contributed by atoms with E-state index >= 15 is 0 Å². The molecule has 2 aromatic heterocycles. The van der Waals surface area contributed by atoms with Crippen LogP contribution in [-0.2, 0) is 11.3 Å². The van der Waals surface area contributed by atoms with E-state index in [0.717, 1.165) is 0 Å². The normalized spacial score (nSPS) is 15.2. The molecule has 3 heterocycles. The number of rotatable bonds is 4. The molecule has 9 heteroatoms. The summed E-state index contributed by atoms with van der Waals surface area (Å²) in [6.45, 7) is 1.61. The summed E-state index contributed by atoms with van der Waals surface area (Å²) in [5.74, 6) is -0.573. The maximum Gasteiger partial charge on any atom is 0.573 e. The molecule has 3 aromatic rings. The van der Waals surface area contributed by atoms with Gasteiger partial charge in [-0.2, -0.15) is 0 Å². The fourth-order valence-corrected chi connectivity index (χ4v) is 2.74. The molecule has 0 aliphatic carbocycles. The molecule has 26 heavy (non-hydrogen) atoms. The van der Waals surface area contributed by atoms with Crippen LogP contribution in [0.1, 0.15) is 0 Å². The van der Waals surface area contributed by atoms with Gasteiger partial charge in [0.05, 0.1) is 18.9 Å². The van der Waals surface area contributed by atoms with Gasteiger partial charge in [-0.1, -0.05) is 0 Å². The van der Waals surface area contributed by atoms with Crippen LogP contribution < -0.4 is 10.5 Å². The minimum absolute atomic E-state index is 0.234. The SMILES string of the molecule is O=c1oc2ccc(-c3ccc(OC(F)(F)F)cc3)nc2n1CC1COC1. The zero-order valence-electron chi connectivity index (χ0n) is 13.3. The molecule has 0 saturated carbocycles. The van der Waals surface area contributed by atoms with Crippen LogP contribution in [0.15, 0.2) is 45.6 Å². The Morgan fingerprint density at radius 1 is 1.15 bits per heavy atom. The fraction of sp³-hybridized carbons (Fsp3) is 0.294. The highest BCUT2D eigenvalue weighted by Gasteiger charge is 2.31. The summed E-state index contributed by atoms with van der Waals surface area (Å²) in [7, 11) is 0. The third-order valence-electron chi connectivity index (χ3n) is 4.04. The van der Waals surface area contributed by atoms with Crippen LogP contribution in [-0.4, -0.2) is 29.1 Å². The van der Waals surface area contributed by atoms with E-state index in [4.69, 9.17) is 9.15 Å². The Morgan fingerprint density at radius 3 is 2.50 bits per heavy atom. The van der Waals surface area contributed by atoms with Crippen LogP contribution in [0.25, 0.3) is 22.5 Å². The molecule has 0 bridgehead atoms. The fourth-order valence-electron chi connectivity index (χ4n) is 2.74. The summed E-state index contributed by atoms with van der Waals surface area (Å²) < 4.78 is 52.3. The molecule has 0 spiro atoms. The van der Waals surface area contributed by atoms with Crippen LogP contribution >= 0.6 is 0 Å². The lowest BCUT2D eigenvalue weighted by Crippen LogP contribution is -2.34. The molecule has 0 unspecified atom stereocenters. The molecular weight excluding hydrogens is 353 g/mol. The minimum Gasteiger partial charge on any atom is -0.406 e. The second-order valence-corrected chi connectivity index (χ2v) is 5.97. The van der Waals surface area contributed by atoms with E-state index in [9.17, 15) is 18.0 Å². The molecule has 6 nitrogen and oxygen atoms in total. The highest BCUT2D eigenvalue weighted by Crippen LogP contribution is 2.27. The Balaban J connectivity index is 1.66. The molecule has 4 rings (SSSR count). The quantitative estimate of drug-likeness (QED) is 0.709. The minimum atomic E-state index is -4.74. The van der Waals surface area contributed by atoms with Crippen molar-refractivity contribution in [3.05, 3.63) is 46.9 Å². The predicted octanol–water partition coefficient (Wildman–Crippen LogP) is 3.20. The van der Waals surface area contributed by atoms with Gasteiger partial charge in [-0.25, -0.2) is 9.78 Å². The van der Waals surface area contributed by atoms with Crippen molar-refractivity contribution in [3.8, 4) is 17.0 Å². The molecule has 1 aliphatic heterocycles. The van der Waals surface area contributed by atoms with Crippen molar-refractivity contribution in [2.75, 3.05) is 13.2 Å². The van der Waals surface area contributed by atoms with Gasteiger partial charge in [0, 0.05) is 18.0 Å². The van der Waals surface area contributed by atoms with Crippen molar-refractivity contribution in [2.45, 2.75) is 12.9 Å². The summed E-state index contributed by atoms with van der Waals surface area (Å²) in [6.07, 6.45) is -4.74. The van der Waals surface area contributed by atoms with Crippen molar-refractivity contribution < 1.29 is 27.1 Å². The van der Waals surface area contributed by atoms with E-state index in [2.05, 4.69) is 9.72 Å². The number of ether oxygens (including phenoxy) is 2. The zero-order chi connectivity index (χ0) is 18.3. The van der Waals surface area contributed by atoms with Crippen LogP contribution in [0.4, 0.5) is 13.2 Å². The molecule has 136 valence electrons. The van der Waals surface area contributed by atoms with Gasteiger partial charge in [0.2, 0.25) is 0 Å². The average Bonchev–Trinajstić information content (AvgIpc) is 2.84. The van der Waals surface area contributed by atoms with Gasteiger partial charge in [0.15, 0.2) is 11.2 Å². The van der Waals surface area contributed by atoms with Gasteiger partial charge < -0.3 is 13.9 Å². The number of oxazole rings is 1. The first-order valence-electron chi connectivity index (χ1n) is 7.83. The lowest BCUT2D eigenvalue weighted by Gasteiger charge is -2.25. The highest BCUT2D eigenvalue weighted by molar-refractivity contribution is 5.73. The Kier molecular flexibility index (Phi) is 3.95. The topological polar surface area (TPSA) is 66.5 Å². The Labute approximate surface area is 144 Å². The number of fused-ring (bicyclic) bond motifs is 1. The Hall–Kier alpha value is -2.81. The predicted molar refractivity (Wildman–Crippen MR) is 84.7 cm³/mol. The van der Waals surface area contributed by atoms with Crippen LogP contribution in [0.3, 0.4) is 0 Å². The average molecular weight is 366 g/mol. The molecular formula is C17H13F3N2O4. The molecule has 0 atom stereocenters. The second kappa shape index (κ2) is 6.17. The number of hydrogen-bond acceptors (Lipinski definition) is 5. The van der Waals surface area contributed by atoms with Gasteiger partial charge in [-0.3, -0.25) is 4.57 Å². The number of aromatic nitrogens is 2. The Morgan fingerprint density at radius 2 is 1.88 bits per heavy atom. The molecule has 1 fully saturated rings. The van der Waals surface area contributed by atoms with Crippen molar-refractivity contribution in [3.63, 3.8) is 0 Å². The van der Waals surface area contributed by atoms with Crippen molar-refractivity contribution in [1.29, 1.82) is 0 Å². The largest absolute Gasteiger partial charge is 0.573 e. The third-order valence-corrected chi connectivity index (χ3v) is 4.04. The van der Waals surface area contributed by atoms with Gasteiger partial charge in [0.1, 0.15) is 5.75 Å². The van der Waals surface area contributed by atoms with Crippen molar-refractivity contribution in [2.24, 2.45) is 5.92 Å². The molecule has 0 amide bonds. The third kappa shape index (κ3) is 3.30. The lowest BCUT2D eigenvalue weighted by atomic mass is 10.1. The number of alkyl halides is 3. The number of hydrogen-bond donors (Lipinski definition) is 0. The van der Waals surface area contributed by atoms with Gasteiger partial charge in [0.25, 0.3) is 0 Å². The lowest BCUT2D eigenvalue weighted by molar-refractivity contribution is -0.274. The van der Waals surface area contributed by atoms with Gasteiger partial charge >= 0.3 is 12.1 Å². The summed E-state index contributed by atoms with van der Waals surface area (Å²) in [4.78, 5) is 16.5. The molecule has 1 aromatic carbocycles. The van der Waals surface area contributed by atoms with E-state index in [1.165, 1.54) is 28.8 Å². The number of nitrogens with zero attached hydrogens (tertiary/aromatic N) is 2. The van der Waals surface area contributed by atoms with E-state index < -0.39 is 12.1 Å². The first-order valence-corrected chi connectivity index (χ1v) is 7.83. The first kappa shape index (κ1) is 16.6. The first-order chi connectivity index (χ1) is 12.4. The Bertz CT molecular complexity index is 988. The number of benzene rings is 1. The van der Waals surface area contributed by atoms with Gasteiger partial charge in [-0.05, 0) is 36.4 Å². The van der Waals surface area contributed by atoms with E-state index in [0.29, 0.717) is 42.2 Å². The maximum absolute atomic E-state index is 12.2. The van der Waals surface area contributed by atoms with Crippen LogP contribution in [0, 0.1) is 5.92 Å². The summed E-state index contributed by atoms with van der Waals surface area (Å²) in [6, 6.07) is 8.62. The summed E-state index contributed by atoms with van der Waals surface area (Å²) >= 11 is 0. The maximum atomic E-state index is 12.2. The van der Waals surface area contributed by atoms with Crippen molar-refractivity contribution in [1.82, 2.24) is 9.55 Å².